The van der Waals surface area contributed by atoms with Gasteiger partial charge in [0.2, 0.25) is 5.91 Å². The van der Waals surface area contributed by atoms with Crippen LogP contribution in [0.1, 0.15) is 25.7 Å². The van der Waals surface area contributed by atoms with Crippen molar-refractivity contribution in [1.29, 1.82) is 0 Å². The zero-order valence-corrected chi connectivity index (χ0v) is 8.83. The van der Waals surface area contributed by atoms with E-state index in [0.717, 1.165) is 38.9 Å². The maximum atomic E-state index is 10.9. The summed E-state index contributed by atoms with van der Waals surface area (Å²) in [6, 6.07) is 0. The minimum Gasteiger partial charge on any atom is -0.393 e. The summed E-state index contributed by atoms with van der Waals surface area (Å²) in [5, 5.41) is 11.9. The summed E-state index contributed by atoms with van der Waals surface area (Å²) in [5.41, 5.74) is 0. The summed E-state index contributed by atoms with van der Waals surface area (Å²) in [6.45, 7) is 2.91. The SMILES string of the molecule is CNC(=O)CCCN1CCC(O)CC1. The number of hydrogen-bond acceptors (Lipinski definition) is 3. The van der Waals surface area contributed by atoms with Crippen molar-refractivity contribution in [1.82, 2.24) is 10.2 Å². The van der Waals surface area contributed by atoms with Gasteiger partial charge in [-0.1, -0.05) is 0 Å². The largest absolute Gasteiger partial charge is 0.393 e. The van der Waals surface area contributed by atoms with Crippen molar-refractivity contribution in [3.05, 3.63) is 0 Å². The molecule has 1 fully saturated rings. The van der Waals surface area contributed by atoms with Gasteiger partial charge in [-0.2, -0.15) is 0 Å². The lowest BCUT2D eigenvalue weighted by Crippen LogP contribution is -2.36. The normalized spacial score (nSPS) is 19.6. The Morgan fingerprint density at radius 1 is 1.50 bits per heavy atom. The summed E-state index contributed by atoms with van der Waals surface area (Å²) in [4.78, 5) is 13.3. The van der Waals surface area contributed by atoms with Gasteiger partial charge in [0, 0.05) is 26.6 Å². The summed E-state index contributed by atoms with van der Waals surface area (Å²) < 4.78 is 0. The smallest absolute Gasteiger partial charge is 0.219 e. The zero-order chi connectivity index (χ0) is 10.4. The van der Waals surface area contributed by atoms with Crippen LogP contribution >= 0.6 is 0 Å². The van der Waals surface area contributed by atoms with Gasteiger partial charge in [-0.25, -0.2) is 0 Å². The maximum Gasteiger partial charge on any atom is 0.219 e. The number of carbonyl (C=O) groups is 1. The first-order valence-electron chi connectivity index (χ1n) is 5.33. The van der Waals surface area contributed by atoms with Gasteiger partial charge in [-0.15, -0.1) is 0 Å². The van der Waals surface area contributed by atoms with Crippen molar-refractivity contribution in [2.24, 2.45) is 0 Å². The highest BCUT2D eigenvalue weighted by atomic mass is 16.3. The van der Waals surface area contributed by atoms with Gasteiger partial charge in [0.05, 0.1) is 6.10 Å². The van der Waals surface area contributed by atoms with Crippen molar-refractivity contribution in [3.63, 3.8) is 0 Å². The molecule has 1 aliphatic heterocycles. The molecule has 0 aliphatic carbocycles. The highest BCUT2D eigenvalue weighted by molar-refractivity contribution is 5.75. The Labute approximate surface area is 85.3 Å². The van der Waals surface area contributed by atoms with E-state index in [1.807, 2.05) is 0 Å². The summed E-state index contributed by atoms with van der Waals surface area (Å²) in [7, 11) is 1.67. The Morgan fingerprint density at radius 3 is 2.71 bits per heavy atom. The molecule has 0 bridgehead atoms. The first kappa shape index (κ1) is 11.5. The third kappa shape index (κ3) is 4.07. The average Bonchev–Trinajstić information content (AvgIpc) is 2.21. The molecule has 1 amide bonds. The van der Waals surface area contributed by atoms with E-state index in [4.69, 9.17) is 0 Å². The molecule has 1 aliphatic rings. The van der Waals surface area contributed by atoms with E-state index < -0.39 is 0 Å². The van der Waals surface area contributed by atoms with Crippen LogP contribution in [0.5, 0.6) is 0 Å². The molecule has 0 aromatic heterocycles. The van der Waals surface area contributed by atoms with E-state index >= 15 is 0 Å². The number of nitrogens with zero attached hydrogens (tertiary/aromatic N) is 1. The van der Waals surface area contributed by atoms with E-state index in [1.165, 1.54) is 0 Å². The molecular weight excluding hydrogens is 180 g/mol. The van der Waals surface area contributed by atoms with Crippen LogP contribution < -0.4 is 5.32 Å². The van der Waals surface area contributed by atoms with Gasteiger partial charge in [0.15, 0.2) is 0 Å². The summed E-state index contributed by atoms with van der Waals surface area (Å²) in [5.74, 6) is 0.113. The highest BCUT2D eigenvalue weighted by Crippen LogP contribution is 2.10. The van der Waals surface area contributed by atoms with Gasteiger partial charge in [0.25, 0.3) is 0 Å². The average molecular weight is 200 g/mol. The monoisotopic (exact) mass is 200 g/mol. The predicted molar refractivity (Wildman–Crippen MR) is 55.0 cm³/mol. The van der Waals surface area contributed by atoms with E-state index in [1.54, 1.807) is 7.05 Å². The maximum absolute atomic E-state index is 10.9. The molecule has 1 heterocycles. The number of likely N-dealkylation sites (tertiary alicyclic amines) is 1. The summed E-state index contributed by atoms with van der Waals surface area (Å²) >= 11 is 0. The molecule has 0 radical (unpaired) electrons. The second kappa shape index (κ2) is 5.98. The standard InChI is InChI=1S/C10H20N2O2/c1-11-10(14)3-2-6-12-7-4-9(13)5-8-12/h9,13H,2-8H2,1H3,(H,11,14). The number of carbonyl (C=O) groups excluding carboxylic acids is 1. The van der Waals surface area contributed by atoms with Gasteiger partial charge >= 0.3 is 0 Å². The Bertz CT molecular complexity index is 177. The number of amides is 1. The number of rotatable bonds is 4. The number of piperidine rings is 1. The quantitative estimate of drug-likeness (QED) is 0.670. The van der Waals surface area contributed by atoms with Crippen LogP contribution in [-0.2, 0) is 4.79 Å². The predicted octanol–water partition coefficient (Wildman–Crippen LogP) is -0.0307. The molecule has 1 saturated heterocycles. The fourth-order valence-corrected chi connectivity index (χ4v) is 1.73. The molecule has 4 heteroatoms. The van der Waals surface area contributed by atoms with Crippen molar-refractivity contribution >= 4 is 5.91 Å². The van der Waals surface area contributed by atoms with Crippen LogP contribution in [0.15, 0.2) is 0 Å². The molecule has 0 atom stereocenters. The number of aliphatic hydroxyl groups is 1. The van der Waals surface area contributed by atoms with E-state index in [2.05, 4.69) is 10.2 Å². The molecule has 2 N–H and O–H groups in total. The molecule has 0 unspecified atom stereocenters. The fraction of sp³-hybridized carbons (Fsp3) is 0.900. The second-order valence-electron chi connectivity index (χ2n) is 3.85. The first-order chi connectivity index (χ1) is 6.72. The lowest BCUT2D eigenvalue weighted by molar-refractivity contribution is -0.120. The third-order valence-electron chi connectivity index (χ3n) is 2.71. The van der Waals surface area contributed by atoms with Crippen LogP contribution in [0.3, 0.4) is 0 Å². The minimum atomic E-state index is -0.106. The summed E-state index contributed by atoms with van der Waals surface area (Å²) in [6.07, 6.45) is 3.16. The van der Waals surface area contributed by atoms with Crippen LogP contribution in [0.25, 0.3) is 0 Å². The van der Waals surface area contributed by atoms with Crippen molar-refractivity contribution < 1.29 is 9.90 Å². The van der Waals surface area contributed by atoms with Crippen molar-refractivity contribution in [2.45, 2.75) is 31.8 Å². The molecule has 0 saturated carbocycles. The van der Waals surface area contributed by atoms with Crippen LogP contribution in [-0.4, -0.2) is 48.7 Å². The topological polar surface area (TPSA) is 52.6 Å². The lowest BCUT2D eigenvalue weighted by atomic mass is 10.1. The molecule has 0 aromatic carbocycles. The molecule has 1 rings (SSSR count). The second-order valence-corrected chi connectivity index (χ2v) is 3.85. The van der Waals surface area contributed by atoms with E-state index in [-0.39, 0.29) is 12.0 Å². The zero-order valence-electron chi connectivity index (χ0n) is 8.83. The van der Waals surface area contributed by atoms with Gasteiger partial charge in [-0.3, -0.25) is 4.79 Å². The van der Waals surface area contributed by atoms with E-state index in [9.17, 15) is 9.90 Å². The molecule has 82 valence electrons. The number of nitrogens with one attached hydrogen (secondary N) is 1. The van der Waals surface area contributed by atoms with Gasteiger partial charge < -0.3 is 15.3 Å². The third-order valence-corrected chi connectivity index (χ3v) is 2.71. The Morgan fingerprint density at radius 2 is 2.14 bits per heavy atom. The Balaban J connectivity index is 2.04. The first-order valence-corrected chi connectivity index (χ1v) is 5.33. The van der Waals surface area contributed by atoms with Crippen molar-refractivity contribution in [3.8, 4) is 0 Å². The van der Waals surface area contributed by atoms with Crippen molar-refractivity contribution in [2.75, 3.05) is 26.7 Å². The van der Waals surface area contributed by atoms with Crippen LogP contribution in [0.4, 0.5) is 0 Å². The fourth-order valence-electron chi connectivity index (χ4n) is 1.73. The van der Waals surface area contributed by atoms with Gasteiger partial charge in [0.1, 0.15) is 0 Å². The van der Waals surface area contributed by atoms with Gasteiger partial charge in [-0.05, 0) is 25.8 Å². The Kier molecular flexibility index (Phi) is 4.90. The van der Waals surface area contributed by atoms with Crippen LogP contribution in [0.2, 0.25) is 0 Å². The lowest BCUT2D eigenvalue weighted by Gasteiger charge is -2.29. The minimum absolute atomic E-state index is 0.106. The van der Waals surface area contributed by atoms with Crippen LogP contribution in [0, 0.1) is 0 Å². The molecule has 0 spiro atoms. The van der Waals surface area contributed by atoms with E-state index in [0.29, 0.717) is 6.42 Å². The molecule has 0 aromatic rings. The molecular formula is C10H20N2O2. The Hall–Kier alpha value is -0.610. The number of aliphatic hydroxyl groups excluding tert-OH is 1. The molecule has 4 nitrogen and oxygen atoms in total. The highest BCUT2D eigenvalue weighted by Gasteiger charge is 2.16. The molecule has 14 heavy (non-hydrogen) atoms. The number of hydrogen-bond donors (Lipinski definition) is 2.